The molecule has 3 rings (SSSR count). The van der Waals surface area contributed by atoms with Gasteiger partial charge in [0.05, 0.1) is 17.5 Å². The number of aromatic nitrogens is 2. The Morgan fingerprint density at radius 2 is 2.00 bits per heavy atom. The van der Waals surface area contributed by atoms with E-state index in [4.69, 9.17) is 0 Å². The average molecular weight is 374 g/mol. The van der Waals surface area contributed by atoms with E-state index in [2.05, 4.69) is 30.8 Å². The number of rotatable bonds is 4. The first-order valence-electron chi connectivity index (χ1n) is 6.63. The quantitative estimate of drug-likeness (QED) is 0.747. The number of nitrogens with zero attached hydrogens (tertiary/aromatic N) is 2. The SMILES string of the molecule is O=C(Cc1cccc(Br)c1)Nc1ccc(-c2cnns2)cc1. The van der Waals surface area contributed by atoms with Crippen LogP contribution >= 0.6 is 27.5 Å². The van der Waals surface area contributed by atoms with Crippen molar-refractivity contribution in [2.24, 2.45) is 0 Å². The molecule has 0 unspecified atom stereocenters. The van der Waals surface area contributed by atoms with Crippen LogP contribution in [0.5, 0.6) is 0 Å². The maximum atomic E-state index is 12.1. The highest BCUT2D eigenvalue weighted by Gasteiger charge is 2.06. The molecular weight excluding hydrogens is 362 g/mol. The van der Waals surface area contributed by atoms with E-state index in [1.807, 2.05) is 48.5 Å². The minimum absolute atomic E-state index is 0.0368. The van der Waals surface area contributed by atoms with E-state index in [-0.39, 0.29) is 5.91 Å². The molecule has 3 aromatic rings. The molecule has 22 heavy (non-hydrogen) atoms. The van der Waals surface area contributed by atoms with Gasteiger partial charge in [0.1, 0.15) is 0 Å². The Hall–Kier alpha value is -2.05. The van der Waals surface area contributed by atoms with Gasteiger partial charge in [0.25, 0.3) is 0 Å². The maximum absolute atomic E-state index is 12.1. The number of carbonyl (C=O) groups is 1. The lowest BCUT2D eigenvalue weighted by Crippen LogP contribution is -2.14. The van der Waals surface area contributed by atoms with Crippen molar-refractivity contribution in [3.63, 3.8) is 0 Å². The Morgan fingerprint density at radius 3 is 2.68 bits per heavy atom. The first kappa shape index (κ1) is 14.9. The topological polar surface area (TPSA) is 54.9 Å². The van der Waals surface area contributed by atoms with Gasteiger partial charge in [0.15, 0.2) is 0 Å². The molecule has 1 heterocycles. The van der Waals surface area contributed by atoms with Crippen LogP contribution in [-0.2, 0) is 11.2 Å². The highest BCUT2D eigenvalue weighted by molar-refractivity contribution is 9.10. The van der Waals surface area contributed by atoms with Crippen molar-refractivity contribution in [1.82, 2.24) is 9.59 Å². The third-order valence-electron chi connectivity index (χ3n) is 3.07. The number of carbonyl (C=O) groups excluding carboxylic acids is 1. The van der Waals surface area contributed by atoms with E-state index in [0.29, 0.717) is 6.42 Å². The van der Waals surface area contributed by atoms with Crippen LogP contribution in [0.4, 0.5) is 5.69 Å². The minimum Gasteiger partial charge on any atom is -0.326 e. The molecule has 0 aliphatic carbocycles. The highest BCUT2D eigenvalue weighted by Crippen LogP contribution is 2.23. The Balaban J connectivity index is 1.64. The first-order chi connectivity index (χ1) is 10.7. The van der Waals surface area contributed by atoms with Crippen LogP contribution in [-0.4, -0.2) is 15.5 Å². The van der Waals surface area contributed by atoms with Gasteiger partial charge in [-0.05, 0) is 46.9 Å². The average Bonchev–Trinajstić information content (AvgIpc) is 3.02. The summed E-state index contributed by atoms with van der Waals surface area (Å²) >= 11 is 4.75. The van der Waals surface area contributed by atoms with E-state index in [1.165, 1.54) is 11.5 Å². The zero-order valence-corrected chi connectivity index (χ0v) is 13.9. The molecule has 0 fully saturated rings. The Morgan fingerprint density at radius 1 is 1.18 bits per heavy atom. The van der Waals surface area contributed by atoms with Crippen molar-refractivity contribution >= 4 is 39.1 Å². The van der Waals surface area contributed by atoms with Crippen LogP contribution in [0.1, 0.15) is 5.56 Å². The Bertz CT molecular complexity index is 772. The number of hydrogen-bond donors (Lipinski definition) is 1. The third-order valence-corrected chi connectivity index (χ3v) is 4.28. The van der Waals surface area contributed by atoms with Gasteiger partial charge in [-0.15, -0.1) is 5.10 Å². The first-order valence-corrected chi connectivity index (χ1v) is 8.19. The second-order valence-corrected chi connectivity index (χ2v) is 6.42. The number of anilines is 1. The standard InChI is InChI=1S/C16H12BrN3OS/c17-13-3-1-2-11(8-13)9-16(21)19-14-6-4-12(5-7-14)15-10-18-20-22-15/h1-8,10H,9H2,(H,19,21). The van der Waals surface area contributed by atoms with Crippen LogP contribution in [0, 0.1) is 0 Å². The number of benzene rings is 2. The van der Waals surface area contributed by atoms with Crippen LogP contribution in [0.2, 0.25) is 0 Å². The van der Waals surface area contributed by atoms with Crippen LogP contribution < -0.4 is 5.32 Å². The zero-order valence-electron chi connectivity index (χ0n) is 11.5. The summed E-state index contributed by atoms with van der Waals surface area (Å²) in [5.74, 6) is -0.0368. The second-order valence-electron chi connectivity index (χ2n) is 4.71. The molecule has 1 amide bonds. The Kier molecular flexibility index (Phi) is 4.60. The van der Waals surface area contributed by atoms with Crippen molar-refractivity contribution in [3.05, 3.63) is 64.8 Å². The molecular formula is C16H12BrN3OS. The van der Waals surface area contributed by atoms with Crippen molar-refractivity contribution < 1.29 is 4.79 Å². The van der Waals surface area contributed by atoms with Gasteiger partial charge in [-0.3, -0.25) is 4.79 Å². The molecule has 0 spiro atoms. The minimum atomic E-state index is -0.0368. The molecule has 0 aliphatic rings. The molecule has 0 saturated carbocycles. The lowest BCUT2D eigenvalue weighted by atomic mass is 10.1. The fourth-order valence-corrected chi connectivity index (χ4v) is 3.01. The van der Waals surface area contributed by atoms with Crippen molar-refractivity contribution in [1.29, 1.82) is 0 Å². The van der Waals surface area contributed by atoms with E-state index >= 15 is 0 Å². The summed E-state index contributed by atoms with van der Waals surface area (Å²) in [7, 11) is 0. The molecule has 110 valence electrons. The molecule has 0 aliphatic heterocycles. The number of hydrogen-bond acceptors (Lipinski definition) is 4. The lowest BCUT2D eigenvalue weighted by Gasteiger charge is -2.06. The number of halogens is 1. The van der Waals surface area contributed by atoms with Crippen LogP contribution in [0.15, 0.2) is 59.2 Å². The van der Waals surface area contributed by atoms with Gasteiger partial charge in [-0.2, -0.15) is 0 Å². The summed E-state index contributed by atoms with van der Waals surface area (Å²) in [6, 6.07) is 15.4. The van der Waals surface area contributed by atoms with E-state index in [1.54, 1.807) is 6.20 Å². The third kappa shape index (κ3) is 3.78. The summed E-state index contributed by atoms with van der Waals surface area (Å²) in [5, 5.41) is 6.72. The van der Waals surface area contributed by atoms with Crippen LogP contribution in [0.25, 0.3) is 10.4 Å². The van der Waals surface area contributed by atoms with Gasteiger partial charge in [0.2, 0.25) is 5.91 Å². The summed E-state index contributed by atoms with van der Waals surface area (Å²) in [5.41, 5.74) is 2.79. The summed E-state index contributed by atoms with van der Waals surface area (Å²) < 4.78 is 4.81. The largest absolute Gasteiger partial charge is 0.326 e. The maximum Gasteiger partial charge on any atom is 0.228 e. The molecule has 0 atom stereocenters. The molecule has 4 nitrogen and oxygen atoms in total. The molecule has 1 aromatic heterocycles. The summed E-state index contributed by atoms with van der Waals surface area (Å²) in [4.78, 5) is 13.1. The van der Waals surface area contributed by atoms with Gasteiger partial charge in [0, 0.05) is 10.2 Å². The van der Waals surface area contributed by atoms with E-state index in [0.717, 1.165) is 26.2 Å². The fourth-order valence-electron chi connectivity index (χ4n) is 2.05. The number of nitrogens with one attached hydrogen (secondary N) is 1. The molecule has 0 bridgehead atoms. The van der Waals surface area contributed by atoms with Gasteiger partial charge in [-0.25, -0.2) is 0 Å². The van der Waals surface area contributed by atoms with Crippen molar-refractivity contribution in [3.8, 4) is 10.4 Å². The Labute approximate surface area is 140 Å². The van der Waals surface area contributed by atoms with Gasteiger partial charge < -0.3 is 5.32 Å². The second kappa shape index (κ2) is 6.81. The smallest absolute Gasteiger partial charge is 0.228 e. The van der Waals surface area contributed by atoms with Gasteiger partial charge in [-0.1, -0.05) is 44.7 Å². The molecule has 1 N–H and O–H groups in total. The fraction of sp³-hybridized carbons (Fsp3) is 0.0625. The predicted octanol–water partition coefficient (Wildman–Crippen LogP) is 4.15. The highest BCUT2D eigenvalue weighted by atomic mass is 79.9. The number of amides is 1. The van der Waals surface area contributed by atoms with Crippen molar-refractivity contribution in [2.75, 3.05) is 5.32 Å². The predicted molar refractivity (Wildman–Crippen MR) is 91.8 cm³/mol. The summed E-state index contributed by atoms with van der Waals surface area (Å²) in [6.07, 6.45) is 2.07. The summed E-state index contributed by atoms with van der Waals surface area (Å²) in [6.45, 7) is 0. The van der Waals surface area contributed by atoms with Gasteiger partial charge >= 0.3 is 0 Å². The van der Waals surface area contributed by atoms with E-state index in [9.17, 15) is 4.79 Å². The van der Waals surface area contributed by atoms with Crippen LogP contribution in [0.3, 0.4) is 0 Å². The van der Waals surface area contributed by atoms with E-state index < -0.39 is 0 Å². The molecule has 6 heteroatoms. The van der Waals surface area contributed by atoms with Crippen molar-refractivity contribution in [2.45, 2.75) is 6.42 Å². The lowest BCUT2D eigenvalue weighted by molar-refractivity contribution is -0.115. The molecule has 2 aromatic carbocycles. The normalized spacial score (nSPS) is 10.4. The zero-order chi connectivity index (χ0) is 15.4. The monoisotopic (exact) mass is 373 g/mol. The molecule has 0 saturated heterocycles. The molecule has 0 radical (unpaired) electrons.